The molecule has 1 amide bonds. The molecule has 1 aliphatic rings. The van der Waals surface area contributed by atoms with Crippen LogP contribution in [0.25, 0.3) is 0 Å². The van der Waals surface area contributed by atoms with Crippen LogP contribution in [0.4, 0.5) is 11.4 Å². The number of morpholine rings is 1. The van der Waals surface area contributed by atoms with E-state index in [4.69, 9.17) is 27.9 Å². The molecule has 1 aliphatic heterocycles. The second kappa shape index (κ2) is 9.52. The number of amides is 1. The number of ketones is 1. The second-order valence-electron chi connectivity index (χ2n) is 7.10. The van der Waals surface area contributed by atoms with Crippen molar-refractivity contribution in [2.75, 3.05) is 36.5 Å². The average molecular weight is 455 g/mol. The van der Waals surface area contributed by atoms with Crippen molar-refractivity contribution in [2.45, 2.75) is 0 Å². The van der Waals surface area contributed by atoms with Gasteiger partial charge in [0.2, 0.25) is 0 Å². The summed E-state index contributed by atoms with van der Waals surface area (Å²) in [6.07, 6.45) is 0. The average Bonchev–Trinajstić information content (AvgIpc) is 2.79. The molecule has 31 heavy (non-hydrogen) atoms. The smallest absolute Gasteiger partial charge is 0.257 e. The van der Waals surface area contributed by atoms with Gasteiger partial charge in [0.1, 0.15) is 0 Å². The highest BCUT2D eigenvalue weighted by Gasteiger charge is 2.21. The Morgan fingerprint density at radius 2 is 1.61 bits per heavy atom. The number of nitrogens with zero attached hydrogens (tertiary/aromatic N) is 1. The molecule has 7 heteroatoms. The summed E-state index contributed by atoms with van der Waals surface area (Å²) in [6, 6.07) is 19.1. The Morgan fingerprint density at radius 1 is 0.871 bits per heavy atom. The summed E-state index contributed by atoms with van der Waals surface area (Å²) in [6.45, 7) is 2.60. The van der Waals surface area contributed by atoms with Crippen LogP contribution in [0.5, 0.6) is 0 Å². The molecular formula is C24H20Cl2N2O3. The van der Waals surface area contributed by atoms with E-state index in [-0.39, 0.29) is 16.7 Å². The third-order valence-corrected chi connectivity index (χ3v) is 5.61. The molecule has 4 rings (SSSR count). The molecule has 1 fully saturated rings. The van der Waals surface area contributed by atoms with Crippen molar-refractivity contribution < 1.29 is 14.3 Å². The van der Waals surface area contributed by atoms with E-state index in [9.17, 15) is 9.59 Å². The van der Waals surface area contributed by atoms with E-state index in [1.54, 1.807) is 36.4 Å². The minimum Gasteiger partial charge on any atom is -0.378 e. The number of carbonyl (C=O) groups is 2. The molecule has 0 aromatic heterocycles. The van der Waals surface area contributed by atoms with Crippen molar-refractivity contribution in [2.24, 2.45) is 0 Å². The summed E-state index contributed by atoms with van der Waals surface area (Å²) >= 11 is 12.1. The molecule has 3 aromatic rings. The molecule has 158 valence electrons. The van der Waals surface area contributed by atoms with Crippen molar-refractivity contribution >= 4 is 46.3 Å². The minimum atomic E-state index is -0.376. The Morgan fingerprint density at radius 3 is 2.32 bits per heavy atom. The van der Waals surface area contributed by atoms with Crippen LogP contribution in [0.15, 0.2) is 66.7 Å². The summed E-state index contributed by atoms with van der Waals surface area (Å²) < 4.78 is 5.45. The fourth-order valence-corrected chi connectivity index (χ4v) is 3.99. The third kappa shape index (κ3) is 4.90. The molecule has 5 nitrogen and oxygen atoms in total. The molecule has 0 unspecified atom stereocenters. The Bertz CT molecular complexity index is 1110. The summed E-state index contributed by atoms with van der Waals surface area (Å²) in [5.41, 5.74) is 2.74. The van der Waals surface area contributed by atoms with Gasteiger partial charge in [0, 0.05) is 40.6 Å². The van der Waals surface area contributed by atoms with Crippen molar-refractivity contribution in [3.63, 3.8) is 0 Å². The quantitative estimate of drug-likeness (QED) is 0.530. The molecule has 1 heterocycles. The molecule has 0 aliphatic carbocycles. The van der Waals surface area contributed by atoms with Gasteiger partial charge in [0.15, 0.2) is 5.78 Å². The first-order valence-corrected chi connectivity index (χ1v) is 10.6. The number of anilines is 2. The summed E-state index contributed by atoms with van der Waals surface area (Å²) in [5, 5.41) is 3.54. The van der Waals surface area contributed by atoms with Crippen LogP contribution in [0.2, 0.25) is 10.0 Å². The summed E-state index contributed by atoms with van der Waals surface area (Å²) in [4.78, 5) is 28.2. The van der Waals surface area contributed by atoms with Crippen molar-refractivity contribution in [3.8, 4) is 0 Å². The number of halogens is 2. The monoisotopic (exact) mass is 454 g/mol. The van der Waals surface area contributed by atoms with E-state index in [0.29, 0.717) is 53.7 Å². The number of ether oxygens (including phenoxy) is 1. The Hall–Kier alpha value is -2.86. The first-order chi connectivity index (χ1) is 15.0. The number of benzene rings is 3. The van der Waals surface area contributed by atoms with Crippen molar-refractivity contribution in [1.82, 2.24) is 0 Å². The van der Waals surface area contributed by atoms with Gasteiger partial charge in [-0.25, -0.2) is 0 Å². The van der Waals surface area contributed by atoms with Crippen LogP contribution in [0.1, 0.15) is 26.3 Å². The normalized spacial score (nSPS) is 13.7. The van der Waals surface area contributed by atoms with Gasteiger partial charge in [-0.05, 0) is 36.4 Å². The molecule has 0 spiro atoms. The second-order valence-corrected chi connectivity index (χ2v) is 7.95. The lowest BCUT2D eigenvalue weighted by Gasteiger charge is -2.30. The lowest BCUT2D eigenvalue weighted by Crippen LogP contribution is -2.37. The van der Waals surface area contributed by atoms with E-state index in [1.165, 1.54) is 6.07 Å². The van der Waals surface area contributed by atoms with Gasteiger partial charge >= 0.3 is 0 Å². The zero-order chi connectivity index (χ0) is 21.8. The van der Waals surface area contributed by atoms with E-state index >= 15 is 0 Å². The lowest BCUT2D eigenvalue weighted by atomic mass is 10.00. The number of carbonyl (C=O) groups excluding carboxylic acids is 2. The fourth-order valence-electron chi connectivity index (χ4n) is 3.49. The van der Waals surface area contributed by atoms with Crippen LogP contribution in [0.3, 0.4) is 0 Å². The number of hydrogen-bond acceptors (Lipinski definition) is 4. The van der Waals surface area contributed by atoms with E-state index in [0.717, 1.165) is 5.69 Å². The molecule has 0 radical (unpaired) electrons. The maximum atomic E-state index is 13.3. The number of nitrogens with one attached hydrogen (secondary N) is 1. The molecule has 0 atom stereocenters. The highest BCUT2D eigenvalue weighted by atomic mass is 35.5. The van der Waals surface area contributed by atoms with Gasteiger partial charge in [-0.1, -0.05) is 53.5 Å². The SMILES string of the molecule is O=C(Nc1ccc(N2CCOCC2)c(C(=O)c2ccccc2)c1)c1ccc(Cl)cc1Cl. The Kier molecular flexibility index (Phi) is 6.56. The van der Waals surface area contributed by atoms with Gasteiger partial charge < -0.3 is 15.0 Å². The van der Waals surface area contributed by atoms with Crippen LogP contribution in [-0.4, -0.2) is 38.0 Å². The molecule has 0 bridgehead atoms. The van der Waals surface area contributed by atoms with Gasteiger partial charge in [-0.2, -0.15) is 0 Å². The van der Waals surface area contributed by atoms with Crippen molar-refractivity contribution in [3.05, 3.63) is 93.5 Å². The highest BCUT2D eigenvalue weighted by Crippen LogP contribution is 2.29. The third-order valence-electron chi connectivity index (χ3n) is 5.06. The lowest BCUT2D eigenvalue weighted by molar-refractivity contribution is 0.102. The molecule has 0 saturated carbocycles. The fraction of sp³-hybridized carbons (Fsp3) is 0.167. The van der Waals surface area contributed by atoms with Crippen LogP contribution in [0, 0.1) is 0 Å². The predicted octanol–water partition coefficient (Wildman–Crippen LogP) is 5.31. The highest BCUT2D eigenvalue weighted by molar-refractivity contribution is 6.37. The first-order valence-electron chi connectivity index (χ1n) is 9.86. The largest absolute Gasteiger partial charge is 0.378 e. The van der Waals surface area contributed by atoms with E-state index in [2.05, 4.69) is 10.2 Å². The molecule has 1 saturated heterocycles. The zero-order valence-electron chi connectivity index (χ0n) is 16.6. The van der Waals surface area contributed by atoms with E-state index in [1.807, 2.05) is 24.3 Å². The first kappa shape index (κ1) is 21.4. The predicted molar refractivity (Wildman–Crippen MR) is 124 cm³/mol. The van der Waals surface area contributed by atoms with Crippen LogP contribution >= 0.6 is 23.2 Å². The van der Waals surface area contributed by atoms with Crippen molar-refractivity contribution in [1.29, 1.82) is 0 Å². The Balaban J connectivity index is 1.68. The zero-order valence-corrected chi connectivity index (χ0v) is 18.1. The summed E-state index contributed by atoms with van der Waals surface area (Å²) in [5.74, 6) is -0.485. The van der Waals surface area contributed by atoms with Gasteiger partial charge in [-0.3, -0.25) is 9.59 Å². The maximum Gasteiger partial charge on any atom is 0.257 e. The van der Waals surface area contributed by atoms with Gasteiger partial charge in [0.05, 0.1) is 23.8 Å². The number of rotatable bonds is 5. The molecule has 1 N–H and O–H groups in total. The summed E-state index contributed by atoms with van der Waals surface area (Å²) in [7, 11) is 0. The van der Waals surface area contributed by atoms with E-state index < -0.39 is 0 Å². The maximum absolute atomic E-state index is 13.3. The van der Waals surface area contributed by atoms with Gasteiger partial charge in [0.25, 0.3) is 5.91 Å². The topological polar surface area (TPSA) is 58.6 Å². The molecule has 3 aromatic carbocycles. The van der Waals surface area contributed by atoms with Crippen LogP contribution in [-0.2, 0) is 4.74 Å². The minimum absolute atomic E-state index is 0.109. The number of hydrogen-bond donors (Lipinski definition) is 1. The standard InChI is InChI=1S/C24H20Cl2N2O3/c25-17-6-8-19(21(26)14-17)24(30)27-18-7-9-22(28-10-12-31-13-11-28)20(15-18)23(29)16-4-2-1-3-5-16/h1-9,14-15H,10-13H2,(H,27,30). The molecular weight excluding hydrogens is 435 g/mol. The van der Waals surface area contributed by atoms with Gasteiger partial charge in [-0.15, -0.1) is 0 Å². The van der Waals surface area contributed by atoms with Crippen LogP contribution < -0.4 is 10.2 Å². The Labute approximate surface area is 190 Å².